The molecule has 0 atom stereocenters. The maximum atomic E-state index is 5.27. The second kappa shape index (κ2) is 4.79. The van der Waals surface area contributed by atoms with Crippen molar-refractivity contribution in [3.05, 3.63) is 23.8 Å². The lowest BCUT2D eigenvalue weighted by Crippen LogP contribution is -2.11. The van der Waals surface area contributed by atoms with E-state index in [4.69, 9.17) is 4.74 Å². The van der Waals surface area contributed by atoms with E-state index < -0.39 is 0 Å². The van der Waals surface area contributed by atoms with Crippen LogP contribution in [0.25, 0.3) is 0 Å². The molecule has 0 aliphatic rings. The predicted octanol–water partition coefficient (Wildman–Crippen LogP) is 3.29. The molecule has 0 spiro atoms. The van der Waals surface area contributed by atoms with Crippen LogP contribution in [0.4, 0.5) is 5.69 Å². The lowest BCUT2D eigenvalue weighted by molar-refractivity contribution is 0.416. The summed E-state index contributed by atoms with van der Waals surface area (Å²) in [7, 11) is 1.68. The molecule has 1 N–H and O–H groups in total. The van der Waals surface area contributed by atoms with Gasteiger partial charge in [0.15, 0.2) is 0 Å². The van der Waals surface area contributed by atoms with Gasteiger partial charge in [-0.25, -0.2) is 0 Å². The summed E-state index contributed by atoms with van der Waals surface area (Å²) in [5, 5.41) is 3.18. The summed E-state index contributed by atoms with van der Waals surface area (Å²) >= 11 is 4.16. The van der Waals surface area contributed by atoms with Crippen LogP contribution in [0.5, 0.6) is 5.75 Å². The van der Waals surface area contributed by atoms with E-state index in [1.807, 2.05) is 6.07 Å². The third kappa shape index (κ3) is 3.06. The van der Waals surface area contributed by atoms with Gasteiger partial charge < -0.3 is 10.1 Å². The third-order valence-electron chi connectivity index (χ3n) is 2.34. The average Bonchev–Trinajstić information content (AvgIpc) is 2.17. The topological polar surface area (TPSA) is 21.3 Å². The number of nitrogens with one attached hydrogen (secondary N) is 1. The van der Waals surface area contributed by atoms with Gasteiger partial charge in [0.05, 0.1) is 18.7 Å². The van der Waals surface area contributed by atoms with Crippen molar-refractivity contribution < 1.29 is 4.74 Å². The molecule has 84 valence electrons. The number of anilines is 1. The van der Waals surface area contributed by atoms with E-state index in [2.05, 4.69) is 50.8 Å². The monoisotopic (exact) mass is 225 g/mol. The SMILES string of the molecule is COc1ccc(C(C)(C)C)cc1NCS. The summed E-state index contributed by atoms with van der Waals surface area (Å²) in [5.41, 5.74) is 2.44. The number of hydrogen-bond acceptors (Lipinski definition) is 3. The van der Waals surface area contributed by atoms with Crippen LogP contribution >= 0.6 is 12.6 Å². The highest BCUT2D eigenvalue weighted by Gasteiger charge is 2.15. The molecule has 0 aromatic heterocycles. The van der Waals surface area contributed by atoms with Crippen molar-refractivity contribution >= 4 is 18.3 Å². The van der Waals surface area contributed by atoms with E-state index in [9.17, 15) is 0 Å². The normalized spacial score (nSPS) is 11.3. The highest BCUT2D eigenvalue weighted by Crippen LogP contribution is 2.31. The van der Waals surface area contributed by atoms with E-state index in [0.29, 0.717) is 5.88 Å². The Kier molecular flexibility index (Phi) is 3.91. The van der Waals surface area contributed by atoms with Crippen LogP contribution in [0.15, 0.2) is 18.2 Å². The van der Waals surface area contributed by atoms with Crippen molar-refractivity contribution in [2.45, 2.75) is 26.2 Å². The fourth-order valence-corrected chi connectivity index (χ4v) is 1.57. The number of rotatable bonds is 3. The molecule has 0 amide bonds. The Bertz CT molecular complexity index is 331. The van der Waals surface area contributed by atoms with Gasteiger partial charge in [0.2, 0.25) is 0 Å². The molecular weight excluding hydrogens is 206 g/mol. The number of hydrogen-bond donors (Lipinski definition) is 2. The zero-order valence-electron chi connectivity index (χ0n) is 9.79. The fraction of sp³-hybridized carbons (Fsp3) is 0.500. The average molecular weight is 225 g/mol. The molecule has 3 heteroatoms. The summed E-state index contributed by atoms with van der Waals surface area (Å²) in [4.78, 5) is 0. The lowest BCUT2D eigenvalue weighted by atomic mass is 9.87. The first-order valence-corrected chi connectivity index (χ1v) is 5.65. The highest BCUT2D eigenvalue weighted by atomic mass is 32.1. The molecule has 0 unspecified atom stereocenters. The molecule has 15 heavy (non-hydrogen) atoms. The molecule has 2 nitrogen and oxygen atoms in total. The third-order valence-corrected chi connectivity index (χ3v) is 2.49. The largest absolute Gasteiger partial charge is 0.495 e. The Morgan fingerprint density at radius 1 is 1.33 bits per heavy atom. The lowest BCUT2D eigenvalue weighted by Gasteiger charge is -2.21. The van der Waals surface area contributed by atoms with Crippen molar-refractivity contribution in [1.82, 2.24) is 0 Å². The molecule has 0 radical (unpaired) electrons. The van der Waals surface area contributed by atoms with E-state index >= 15 is 0 Å². The van der Waals surface area contributed by atoms with Crippen molar-refractivity contribution in [2.75, 3.05) is 18.3 Å². The number of thiol groups is 1. The van der Waals surface area contributed by atoms with Gasteiger partial charge in [0, 0.05) is 0 Å². The second-order valence-electron chi connectivity index (χ2n) is 4.50. The second-order valence-corrected chi connectivity index (χ2v) is 4.82. The minimum Gasteiger partial charge on any atom is -0.495 e. The molecule has 0 saturated carbocycles. The van der Waals surface area contributed by atoms with E-state index in [0.717, 1.165) is 11.4 Å². The van der Waals surface area contributed by atoms with Crippen LogP contribution in [0.3, 0.4) is 0 Å². The van der Waals surface area contributed by atoms with Crippen LogP contribution in [-0.2, 0) is 5.41 Å². The zero-order valence-corrected chi connectivity index (χ0v) is 10.7. The van der Waals surface area contributed by atoms with Crippen LogP contribution in [0.1, 0.15) is 26.3 Å². The number of methoxy groups -OCH3 is 1. The Balaban J connectivity index is 3.10. The highest BCUT2D eigenvalue weighted by molar-refractivity contribution is 7.80. The van der Waals surface area contributed by atoms with Gasteiger partial charge in [-0.05, 0) is 23.1 Å². The van der Waals surface area contributed by atoms with Gasteiger partial charge >= 0.3 is 0 Å². The Morgan fingerprint density at radius 3 is 2.47 bits per heavy atom. The van der Waals surface area contributed by atoms with Crippen LogP contribution in [0, 0.1) is 0 Å². The van der Waals surface area contributed by atoms with E-state index in [1.165, 1.54) is 5.56 Å². The van der Waals surface area contributed by atoms with Crippen LogP contribution in [-0.4, -0.2) is 13.0 Å². The van der Waals surface area contributed by atoms with Gasteiger partial charge in [0.1, 0.15) is 5.75 Å². The van der Waals surface area contributed by atoms with Gasteiger partial charge in [-0.2, -0.15) is 12.6 Å². The fourth-order valence-electron chi connectivity index (χ4n) is 1.40. The van der Waals surface area contributed by atoms with Crippen molar-refractivity contribution in [3.63, 3.8) is 0 Å². The van der Waals surface area contributed by atoms with E-state index in [-0.39, 0.29) is 5.41 Å². The Labute approximate surface area is 97.4 Å². The molecule has 0 bridgehead atoms. The van der Waals surface area contributed by atoms with E-state index in [1.54, 1.807) is 7.11 Å². The molecule has 0 aliphatic heterocycles. The summed E-state index contributed by atoms with van der Waals surface area (Å²) in [5.74, 6) is 1.46. The molecular formula is C12H19NOS. The van der Waals surface area contributed by atoms with Gasteiger partial charge in [0.25, 0.3) is 0 Å². The van der Waals surface area contributed by atoms with Gasteiger partial charge in [-0.3, -0.25) is 0 Å². The maximum Gasteiger partial charge on any atom is 0.141 e. The smallest absolute Gasteiger partial charge is 0.141 e. The zero-order chi connectivity index (χ0) is 11.5. The molecule has 1 aromatic rings. The van der Waals surface area contributed by atoms with Crippen molar-refractivity contribution in [3.8, 4) is 5.75 Å². The molecule has 1 aromatic carbocycles. The van der Waals surface area contributed by atoms with Gasteiger partial charge in [-0.1, -0.05) is 26.8 Å². The summed E-state index contributed by atoms with van der Waals surface area (Å²) < 4.78 is 5.27. The molecule has 0 aliphatic carbocycles. The summed E-state index contributed by atoms with van der Waals surface area (Å²) in [6, 6.07) is 6.21. The molecule has 0 heterocycles. The first-order chi connectivity index (χ1) is 6.99. The summed E-state index contributed by atoms with van der Waals surface area (Å²) in [6.45, 7) is 6.58. The summed E-state index contributed by atoms with van der Waals surface area (Å²) in [6.07, 6.45) is 0. The number of benzene rings is 1. The van der Waals surface area contributed by atoms with Crippen molar-refractivity contribution in [2.24, 2.45) is 0 Å². The predicted molar refractivity (Wildman–Crippen MR) is 69.2 cm³/mol. The first kappa shape index (κ1) is 12.2. The minimum absolute atomic E-state index is 0.152. The quantitative estimate of drug-likeness (QED) is 0.608. The standard InChI is InChI=1S/C12H19NOS/c1-12(2,3)9-5-6-11(14-4)10(7-9)13-8-15/h5-7,13,15H,8H2,1-4H3. The Morgan fingerprint density at radius 2 is 2.00 bits per heavy atom. The first-order valence-electron chi connectivity index (χ1n) is 5.02. The molecule has 0 saturated heterocycles. The minimum atomic E-state index is 0.152. The van der Waals surface area contributed by atoms with Crippen LogP contribution < -0.4 is 10.1 Å². The maximum absolute atomic E-state index is 5.27. The van der Waals surface area contributed by atoms with Gasteiger partial charge in [-0.15, -0.1) is 0 Å². The number of ether oxygens (including phenoxy) is 1. The Hall–Kier alpha value is -0.830. The molecule has 1 rings (SSSR count). The van der Waals surface area contributed by atoms with Crippen LogP contribution in [0.2, 0.25) is 0 Å². The molecule has 0 fully saturated rings. The van der Waals surface area contributed by atoms with Crippen molar-refractivity contribution in [1.29, 1.82) is 0 Å².